The monoisotopic (exact) mass is 424 g/mol. The minimum atomic E-state index is -0.325. The molecule has 2 aromatic carbocycles. The SMILES string of the molecule is CC(=O)Nc1cccc(C2=NCc3ncc4c(c32)C(=O)N(CCc2ccccc2)C4=O)c1. The van der Waals surface area contributed by atoms with Crippen LogP contribution in [0.25, 0.3) is 0 Å². The first-order valence-electron chi connectivity index (χ1n) is 10.4. The van der Waals surface area contributed by atoms with Gasteiger partial charge in [0.2, 0.25) is 5.91 Å². The molecule has 32 heavy (non-hydrogen) atoms. The zero-order valence-corrected chi connectivity index (χ0v) is 17.5. The molecule has 2 aliphatic heterocycles. The lowest BCUT2D eigenvalue weighted by molar-refractivity contribution is -0.114. The van der Waals surface area contributed by atoms with Crippen molar-refractivity contribution in [2.45, 2.75) is 19.9 Å². The van der Waals surface area contributed by atoms with Gasteiger partial charge in [-0.1, -0.05) is 42.5 Å². The Morgan fingerprint density at radius 1 is 1.03 bits per heavy atom. The highest BCUT2D eigenvalue weighted by atomic mass is 16.2. The highest BCUT2D eigenvalue weighted by molar-refractivity contribution is 6.28. The first-order chi connectivity index (χ1) is 15.5. The van der Waals surface area contributed by atoms with Crippen LogP contribution in [0.4, 0.5) is 5.69 Å². The van der Waals surface area contributed by atoms with E-state index in [0.717, 1.165) is 11.1 Å². The Morgan fingerprint density at radius 3 is 2.62 bits per heavy atom. The normalized spacial score (nSPS) is 14.3. The molecule has 0 saturated heterocycles. The fraction of sp³-hybridized carbons (Fsp3) is 0.160. The number of nitrogens with one attached hydrogen (secondary N) is 1. The Labute approximate surface area is 184 Å². The molecule has 0 aliphatic carbocycles. The molecule has 1 aromatic heterocycles. The summed E-state index contributed by atoms with van der Waals surface area (Å²) in [6, 6.07) is 17.0. The molecule has 1 N–H and O–H groups in total. The average Bonchev–Trinajstić information content (AvgIpc) is 3.32. The molecule has 7 nitrogen and oxygen atoms in total. The lowest BCUT2D eigenvalue weighted by Crippen LogP contribution is -2.32. The van der Waals surface area contributed by atoms with Crippen LogP contribution in [0.15, 0.2) is 65.8 Å². The predicted octanol–water partition coefficient (Wildman–Crippen LogP) is 3.23. The van der Waals surface area contributed by atoms with Crippen molar-refractivity contribution in [3.05, 3.63) is 94.3 Å². The van der Waals surface area contributed by atoms with Crippen LogP contribution in [0.3, 0.4) is 0 Å². The molecular weight excluding hydrogens is 404 g/mol. The number of nitrogens with zero attached hydrogens (tertiary/aromatic N) is 3. The van der Waals surface area contributed by atoms with Gasteiger partial charge in [-0.15, -0.1) is 0 Å². The number of imide groups is 1. The summed E-state index contributed by atoms with van der Waals surface area (Å²) in [5, 5.41) is 2.76. The predicted molar refractivity (Wildman–Crippen MR) is 120 cm³/mol. The Kier molecular flexibility index (Phi) is 4.86. The lowest BCUT2D eigenvalue weighted by Gasteiger charge is -2.14. The summed E-state index contributed by atoms with van der Waals surface area (Å²) >= 11 is 0. The number of carbonyl (C=O) groups excluding carboxylic acids is 3. The van der Waals surface area contributed by atoms with E-state index in [-0.39, 0.29) is 17.7 Å². The number of fused-ring (bicyclic) bond motifs is 3. The highest BCUT2D eigenvalue weighted by Gasteiger charge is 2.40. The second-order valence-corrected chi connectivity index (χ2v) is 7.79. The number of pyridine rings is 1. The average molecular weight is 424 g/mol. The largest absolute Gasteiger partial charge is 0.326 e. The van der Waals surface area contributed by atoms with Crippen molar-refractivity contribution in [1.82, 2.24) is 9.88 Å². The Hall–Kier alpha value is -4.13. The second-order valence-electron chi connectivity index (χ2n) is 7.79. The number of aliphatic imine (C=N–C) groups is 1. The Balaban J connectivity index is 1.49. The Morgan fingerprint density at radius 2 is 1.84 bits per heavy atom. The van der Waals surface area contributed by atoms with Crippen molar-refractivity contribution in [3.8, 4) is 0 Å². The van der Waals surface area contributed by atoms with E-state index in [0.29, 0.717) is 53.3 Å². The third-order valence-electron chi connectivity index (χ3n) is 5.64. The number of hydrogen-bond donors (Lipinski definition) is 1. The smallest absolute Gasteiger partial charge is 0.263 e. The number of hydrogen-bond acceptors (Lipinski definition) is 5. The van der Waals surface area contributed by atoms with Crippen LogP contribution < -0.4 is 5.32 Å². The first-order valence-corrected chi connectivity index (χ1v) is 10.4. The van der Waals surface area contributed by atoms with Gasteiger partial charge in [-0.2, -0.15) is 0 Å². The molecule has 0 fully saturated rings. The molecule has 7 heteroatoms. The van der Waals surface area contributed by atoms with Gasteiger partial charge in [0.15, 0.2) is 0 Å². The molecule has 3 aromatic rings. The topological polar surface area (TPSA) is 91.7 Å². The molecule has 3 heterocycles. The number of rotatable bonds is 5. The van der Waals surface area contributed by atoms with Crippen molar-refractivity contribution in [3.63, 3.8) is 0 Å². The minimum Gasteiger partial charge on any atom is -0.326 e. The fourth-order valence-electron chi connectivity index (χ4n) is 4.19. The summed E-state index contributed by atoms with van der Waals surface area (Å²) in [5.74, 6) is -0.810. The lowest BCUT2D eigenvalue weighted by atomic mass is 9.95. The van der Waals surface area contributed by atoms with Crippen LogP contribution >= 0.6 is 0 Å². The summed E-state index contributed by atoms with van der Waals surface area (Å²) < 4.78 is 0. The number of anilines is 1. The summed E-state index contributed by atoms with van der Waals surface area (Å²) in [6.45, 7) is 2.09. The van der Waals surface area contributed by atoms with Crippen molar-refractivity contribution < 1.29 is 14.4 Å². The molecule has 0 bridgehead atoms. The molecule has 0 saturated carbocycles. The van der Waals surface area contributed by atoms with E-state index in [1.807, 2.05) is 48.5 Å². The summed E-state index contributed by atoms with van der Waals surface area (Å²) in [5.41, 5.74) is 5.04. The number of amides is 3. The van der Waals surface area contributed by atoms with Gasteiger partial charge >= 0.3 is 0 Å². The zero-order chi connectivity index (χ0) is 22.2. The molecule has 0 radical (unpaired) electrons. The van der Waals surface area contributed by atoms with Gasteiger partial charge in [-0.25, -0.2) is 0 Å². The maximum Gasteiger partial charge on any atom is 0.263 e. The van der Waals surface area contributed by atoms with E-state index in [1.165, 1.54) is 18.0 Å². The maximum atomic E-state index is 13.3. The van der Waals surface area contributed by atoms with Gasteiger partial charge < -0.3 is 5.32 Å². The van der Waals surface area contributed by atoms with Crippen molar-refractivity contribution in [2.24, 2.45) is 4.99 Å². The Bertz CT molecular complexity index is 1300. The quantitative estimate of drug-likeness (QED) is 0.637. The number of aromatic nitrogens is 1. The van der Waals surface area contributed by atoms with Crippen molar-refractivity contribution in [1.29, 1.82) is 0 Å². The third-order valence-corrected chi connectivity index (χ3v) is 5.64. The van der Waals surface area contributed by atoms with E-state index < -0.39 is 0 Å². The molecule has 158 valence electrons. The summed E-state index contributed by atoms with van der Waals surface area (Å²) in [4.78, 5) is 48.1. The second kappa shape index (κ2) is 7.85. The van der Waals surface area contributed by atoms with E-state index in [1.54, 1.807) is 6.07 Å². The molecule has 5 rings (SSSR count). The summed E-state index contributed by atoms with van der Waals surface area (Å²) in [7, 11) is 0. The van der Waals surface area contributed by atoms with Crippen LogP contribution in [-0.4, -0.2) is 39.9 Å². The van der Waals surface area contributed by atoms with Crippen LogP contribution in [-0.2, 0) is 17.8 Å². The van der Waals surface area contributed by atoms with Crippen LogP contribution in [0.2, 0.25) is 0 Å². The number of benzene rings is 2. The molecular formula is C25H20N4O3. The number of carbonyl (C=O) groups is 3. The standard InChI is InChI=1S/C25H20N4O3/c1-15(30)28-18-9-5-8-17(12-18)23-22-20(14-27-23)26-13-19-21(22)25(32)29(24(19)31)11-10-16-6-3-2-4-7-16/h2-9,12-13H,10-11,14H2,1H3,(H,28,30). The first kappa shape index (κ1) is 19.8. The molecule has 0 spiro atoms. The third kappa shape index (κ3) is 3.37. The van der Waals surface area contributed by atoms with Gasteiger partial charge in [0, 0.05) is 36.5 Å². The van der Waals surface area contributed by atoms with Gasteiger partial charge in [-0.05, 0) is 24.1 Å². The van der Waals surface area contributed by atoms with Gasteiger partial charge in [0.25, 0.3) is 11.8 Å². The molecule has 2 aliphatic rings. The maximum absolute atomic E-state index is 13.3. The van der Waals surface area contributed by atoms with E-state index in [4.69, 9.17) is 0 Å². The molecule has 0 unspecified atom stereocenters. The van der Waals surface area contributed by atoms with Gasteiger partial charge in [0.05, 0.1) is 29.1 Å². The van der Waals surface area contributed by atoms with Crippen LogP contribution in [0.1, 0.15) is 50.0 Å². The van der Waals surface area contributed by atoms with E-state index in [2.05, 4.69) is 15.3 Å². The minimum absolute atomic E-state index is 0.173. The van der Waals surface area contributed by atoms with E-state index >= 15 is 0 Å². The van der Waals surface area contributed by atoms with Crippen molar-refractivity contribution >= 4 is 29.1 Å². The van der Waals surface area contributed by atoms with E-state index in [9.17, 15) is 14.4 Å². The molecule has 3 amide bonds. The zero-order valence-electron chi connectivity index (χ0n) is 17.5. The molecule has 0 atom stereocenters. The van der Waals surface area contributed by atoms with Gasteiger partial charge in [0.1, 0.15) is 0 Å². The highest BCUT2D eigenvalue weighted by Crippen LogP contribution is 2.33. The van der Waals surface area contributed by atoms with Crippen LogP contribution in [0.5, 0.6) is 0 Å². The van der Waals surface area contributed by atoms with Gasteiger partial charge in [-0.3, -0.25) is 29.3 Å². The van der Waals surface area contributed by atoms with Crippen molar-refractivity contribution in [2.75, 3.05) is 11.9 Å². The van der Waals surface area contributed by atoms with Crippen LogP contribution in [0, 0.1) is 0 Å². The fourth-order valence-corrected chi connectivity index (χ4v) is 4.19. The summed E-state index contributed by atoms with van der Waals surface area (Å²) in [6.07, 6.45) is 2.07.